The average molecular weight is 319 g/mol. The molecule has 3 aliphatic rings. The predicted octanol–water partition coefficient (Wildman–Crippen LogP) is 2.16. The van der Waals surface area contributed by atoms with E-state index < -0.39 is 0 Å². The standard InChI is InChI=1S/C14H11BrN2O2/c15-9-6-16-4-3-10(9)17-13(18)11-7-1-2-8(5-7)12(11)14(17)19/h1-4,6-8,11-12H,5H2. The quantitative estimate of drug-likeness (QED) is 0.589. The van der Waals surface area contributed by atoms with E-state index in [1.807, 2.05) is 0 Å². The minimum atomic E-state index is -0.150. The second-order valence-electron chi connectivity index (χ2n) is 5.34. The number of aromatic nitrogens is 1. The van der Waals surface area contributed by atoms with Crippen LogP contribution in [0.5, 0.6) is 0 Å². The predicted molar refractivity (Wildman–Crippen MR) is 72.1 cm³/mol. The van der Waals surface area contributed by atoms with Crippen LogP contribution in [0.25, 0.3) is 0 Å². The van der Waals surface area contributed by atoms with Crippen LogP contribution in [0.1, 0.15) is 6.42 Å². The molecule has 1 saturated heterocycles. The van der Waals surface area contributed by atoms with E-state index in [0.717, 1.165) is 6.42 Å². The van der Waals surface area contributed by atoms with Crippen LogP contribution in [0.2, 0.25) is 0 Å². The Morgan fingerprint density at radius 3 is 2.37 bits per heavy atom. The molecule has 0 aromatic carbocycles. The number of pyridine rings is 1. The SMILES string of the molecule is O=C1C2C3C=CC(C3)C2C(=O)N1c1ccncc1Br. The number of hydrogen-bond acceptors (Lipinski definition) is 3. The molecule has 0 spiro atoms. The second kappa shape index (κ2) is 3.76. The topological polar surface area (TPSA) is 50.3 Å². The first kappa shape index (κ1) is 11.3. The van der Waals surface area contributed by atoms with Crippen molar-refractivity contribution in [3.05, 3.63) is 35.1 Å². The smallest absolute Gasteiger partial charge is 0.238 e. The zero-order valence-electron chi connectivity index (χ0n) is 9.99. The molecule has 4 atom stereocenters. The van der Waals surface area contributed by atoms with Gasteiger partial charge in [0, 0.05) is 12.4 Å². The minimum Gasteiger partial charge on any atom is -0.274 e. The van der Waals surface area contributed by atoms with Crippen molar-refractivity contribution >= 4 is 33.4 Å². The van der Waals surface area contributed by atoms with Crippen LogP contribution in [-0.4, -0.2) is 16.8 Å². The number of hydrogen-bond donors (Lipinski definition) is 0. The molecule has 96 valence electrons. The summed E-state index contributed by atoms with van der Waals surface area (Å²) in [5.74, 6) is 0.0803. The van der Waals surface area contributed by atoms with Crippen LogP contribution >= 0.6 is 15.9 Å². The molecule has 2 aliphatic carbocycles. The number of nitrogens with zero attached hydrogens (tertiary/aromatic N) is 2. The fraction of sp³-hybridized carbons (Fsp3) is 0.357. The van der Waals surface area contributed by atoms with Crippen molar-refractivity contribution in [1.82, 2.24) is 4.98 Å². The largest absolute Gasteiger partial charge is 0.274 e. The van der Waals surface area contributed by atoms with Gasteiger partial charge >= 0.3 is 0 Å². The van der Waals surface area contributed by atoms with Crippen LogP contribution in [0, 0.1) is 23.7 Å². The van der Waals surface area contributed by atoms with E-state index in [0.29, 0.717) is 10.2 Å². The Bertz CT molecular complexity index is 598. The lowest BCUT2D eigenvalue weighted by Crippen LogP contribution is -2.33. The molecular weight excluding hydrogens is 308 g/mol. The highest BCUT2D eigenvalue weighted by atomic mass is 79.9. The first-order valence-electron chi connectivity index (χ1n) is 6.34. The monoisotopic (exact) mass is 318 g/mol. The van der Waals surface area contributed by atoms with Crippen LogP contribution in [0.3, 0.4) is 0 Å². The van der Waals surface area contributed by atoms with E-state index in [9.17, 15) is 9.59 Å². The molecule has 1 aliphatic heterocycles. The highest BCUT2D eigenvalue weighted by Crippen LogP contribution is 2.53. The highest BCUT2D eigenvalue weighted by molar-refractivity contribution is 9.10. The van der Waals surface area contributed by atoms with Crippen molar-refractivity contribution in [3.8, 4) is 0 Å². The van der Waals surface area contributed by atoms with Gasteiger partial charge in [0.15, 0.2) is 0 Å². The van der Waals surface area contributed by atoms with Gasteiger partial charge in [-0.2, -0.15) is 0 Å². The molecule has 2 fully saturated rings. The van der Waals surface area contributed by atoms with Gasteiger partial charge in [-0.3, -0.25) is 14.6 Å². The van der Waals surface area contributed by atoms with E-state index in [-0.39, 0.29) is 35.5 Å². The molecule has 2 bridgehead atoms. The summed E-state index contributed by atoms with van der Waals surface area (Å²) in [5.41, 5.74) is 0.610. The Morgan fingerprint density at radius 1 is 1.16 bits per heavy atom. The summed E-state index contributed by atoms with van der Waals surface area (Å²) >= 11 is 3.36. The number of imide groups is 1. The molecule has 0 radical (unpaired) electrons. The van der Waals surface area contributed by atoms with Crippen molar-refractivity contribution in [2.45, 2.75) is 6.42 Å². The van der Waals surface area contributed by atoms with E-state index in [1.54, 1.807) is 18.5 Å². The average Bonchev–Trinajstić information content (AvgIpc) is 3.06. The van der Waals surface area contributed by atoms with Gasteiger partial charge < -0.3 is 0 Å². The molecule has 1 saturated carbocycles. The van der Waals surface area contributed by atoms with Crippen molar-refractivity contribution in [2.75, 3.05) is 4.90 Å². The van der Waals surface area contributed by atoms with Crippen LogP contribution in [0.4, 0.5) is 5.69 Å². The molecule has 1 aromatic rings. The Balaban J connectivity index is 1.79. The number of carbonyl (C=O) groups excluding carboxylic acids is 2. The molecule has 0 N–H and O–H groups in total. The number of halogens is 1. The maximum Gasteiger partial charge on any atom is 0.238 e. The fourth-order valence-electron chi connectivity index (χ4n) is 3.69. The second-order valence-corrected chi connectivity index (χ2v) is 6.19. The Kier molecular flexibility index (Phi) is 2.24. The van der Waals surface area contributed by atoms with E-state index >= 15 is 0 Å². The summed E-state index contributed by atoms with van der Waals surface area (Å²) in [6.07, 6.45) is 8.36. The number of fused-ring (bicyclic) bond motifs is 5. The molecule has 19 heavy (non-hydrogen) atoms. The Hall–Kier alpha value is -1.49. The third-order valence-corrected chi connectivity index (χ3v) is 5.07. The zero-order chi connectivity index (χ0) is 13.1. The van der Waals surface area contributed by atoms with Gasteiger partial charge in [0.1, 0.15) is 0 Å². The van der Waals surface area contributed by atoms with Crippen LogP contribution in [-0.2, 0) is 9.59 Å². The van der Waals surface area contributed by atoms with Gasteiger partial charge in [-0.05, 0) is 40.3 Å². The zero-order valence-corrected chi connectivity index (χ0v) is 11.6. The lowest BCUT2D eigenvalue weighted by molar-refractivity contribution is -0.123. The van der Waals surface area contributed by atoms with Gasteiger partial charge in [0.05, 0.1) is 22.0 Å². The number of amides is 2. The lowest BCUT2D eigenvalue weighted by Gasteiger charge is -2.18. The summed E-state index contributed by atoms with van der Waals surface area (Å²) in [7, 11) is 0. The van der Waals surface area contributed by atoms with Crippen molar-refractivity contribution in [3.63, 3.8) is 0 Å². The lowest BCUT2D eigenvalue weighted by atomic mass is 9.85. The van der Waals surface area contributed by atoms with E-state index in [4.69, 9.17) is 0 Å². The maximum atomic E-state index is 12.6. The molecule has 2 heterocycles. The third kappa shape index (κ3) is 1.36. The molecule has 5 heteroatoms. The Morgan fingerprint density at radius 2 is 1.79 bits per heavy atom. The van der Waals surface area contributed by atoms with Gasteiger partial charge in [-0.15, -0.1) is 0 Å². The van der Waals surface area contributed by atoms with Crippen molar-refractivity contribution < 1.29 is 9.59 Å². The fourth-order valence-corrected chi connectivity index (χ4v) is 4.12. The molecule has 4 rings (SSSR count). The maximum absolute atomic E-state index is 12.6. The van der Waals surface area contributed by atoms with Crippen molar-refractivity contribution in [2.24, 2.45) is 23.7 Å². The summed E-state index contributed by atoms with van der Waals surface area (Å²) < 4.78 is 0.678. The normalized spacial score (nSPS) is 35.3. The van der Waals surface area contributed by atoms with Crippen LogP contribution in [0.15, 0.2) is 35.1 Å². The number of carbonyl (C=O) groups is 2. The number of rotatable bonds is 1. The number of allylic oxidation sites excluding steroid dienone is 2. The summed E-state index contributed by atoms with van der Waals surface area (Å²) in [6, 6.07) is 1.70. The van der Waals surface area contributed by atoms with E-state index in [2.05, 4.69) is 33.1 Å². The minimum absolute atomic E-state index is 0.0567. The highest BCUT2D eigenvalue weighted by Gasteiger charge is 2.59. The summed E-state index contributed by atoms with van der Waals surface area (Å²) in [5, 5.41) is 0. The first-order chi connectivity index (χ1) is 9.18. The van der Waals surface area contributed by atoms with Gasteiger partial charge in [-0.25, -0.2) is 4.90 Å². The molecule has 1 aromatic heterocycles. The van der Waals surface area contributed by atoms with Crippen molar-refractivity contribution in [1.29, 1.82) is 0 Å². The van der Waals surface area contributed by atoms with Crippen LogP contribution < -0.4 is 4.90 Å². The number of anilines is 1. The van der Waals surface area contributed by atoms with Gasteiger partial charge in [0.25, 0.3) is 0 Å². The molecule has 2 amide bonds. The first-order valence-corrected chi connectivity index (χ1v) is 7.13. The summed E-state index contributed by atoms with van der Waals surface area (Å²) in [4.78, 5) is 30.5. The van der Waals surface area contributed by atoms with Gasteiger partial charge in [0.2, 0.25) is 11.8 Å². The summed E-state index contributed by atoms with van der Waals surface area (Å²) in [6.45, 7) is 0. The van der Waals surface area contributed by atoms with Gasteiger partial charge in [-0.1, -0.05) is 12.2 Å². The Labute approximate surface area is 118 Å². The molecule has 4 nitrogen and oxygen atoms in total. The molecule has 4 unspecified atom stereocenters. The molecular formula is C14H11BrN2O2. The third-order valence-electron chi connectivity index (χ3n) is 4.46. The van der Waals surface area contributed by atoms with E-state index in [1.165, 1.54) is 4.90 Å².